The van der Waals surface area contributed by atoms with Crippen molar-refractivity contribution in [1.82, 2.24) is 20.0 Å². The molecule has 176 valence electrons. The first-order valence-corrected chi connectivity index (χ1v) is 11.0. The van der Waals surface area contributed by atoms with E-state index in [1.54, 1.807) is 34.8 Å². The number of carbonyl (C=O) groups is 2. The van der Waals surface area contributed by atoms with Crippen LogP contribution in [-0.2, 0) is 20.7 Å². The highest BCUT2D eigenvalue weighted by Gasteiger charge is 2.24. The highest BCUT2D eigenvalue weighted by Crippen LogP contribution is 2.26. The summed E-state index contributed by atoms with van der Waals surface area (Å²) >= 11 is 0. The fourth-order valence-electron chi connectivity index (χ4n) is 3.82. The third-order valence-electron chi connectivity index (χ3n) is 5.58. The number of rotatable bonds is 7. The molecule has 1 atom stereocenters. The van der Waals surface area contributed by atoms with Crippen LogP contribution in [0.3, 0.4) is 0 Å². The van der Waals surface area contributed by atoms with Gasteiger partial charge in [0.2, 0.25) is 11.8 Å². The summed E-state index contributed by atoms with van der Waals surface area (Å²) in [5.41, 5.74) is 2.62. The summed E-state index contributed by atoms with van der Waals surface area (Å²) in [5, 5.41) is 18.4. The molecule has 0 saturated carbocycles. The number of nitrogens with zero attached hydrogens (tertiary/aromatic N) is 4. The van der Waals surface area contributed by atoms with E-state index in [2.05, 4.69) is 10.4 Å². The SMILES string of the molecule is CC(NC(=O)Cc1cn(-c2ccccc2)nc1-c1ccc([N+](=O)[O-])cc1)C(=O)N1CCOCC1. The van der Waals surface area contributed by atoms with Crippen molar-refractivity contribution in [3.63, 3.8) is 0 Å². The fraction of sp³-hybridized carbons (Fsp3) is 0.292. The average molecular weight is 463 g/mol. The topological polar surface area (TPSA) is 120 Å². The van der Waals surface area contributed by atoms with Crippen LogP contribution < -0.4 is 5.32 Å². The molecule has 1 fully saturated rings. The predicted molar refractivity (Wildman–Crippen MR) is 124 cm³/mol. The molecule has 0 spiro atoms. The zero-order valence-electron chi connectivity index (χ0n) is 18.7. The van der Waals surface area contributed by atoms with Gasteiger partial charge in [-0.2, -0.15) is 5.10 Å². The van der Waals surface area contributed by atoms with Gasteiger partial charge in [-0.05, 0) is 31.2 Å². The summed E-state index contributed by atoms with van der Waals surface area (Å²) in [4.78, 5) is 37.7. The average Bonchev–Trinajstić information content (AvgIpc) is 3.28. The summed E-state index contributed by atoms with van der Waals surface area (Å²) in [6.07, 6.45) is 1.76. The van der Waals surface area contributed by atoms with Gasteiger partial charge in [0.1, 0.15) is 6.04 Å². The number of amides is 2. The van der Waals surface area contributed by atoms with E-state index < -0.39 is 11.0 Å². The van der Waals surface area contributed by atoms with Crippen LogP contribution in [0, 0.1) is 10.1 Å². The van der Waals surface area contributed by atoms with Crippen LogP contribution in [0.1, 0.15) is 12.5 Å². The van der Waals surface area contributed by atoms with E-state index in [9.17, 15) is 19.7 Å². The second-order valence-corrected chi connectivity index (χ2v) is 7.99. The molecule has 0 bridgehead atoms. The molecule has 10 nitrogen and oxygen atoms in total. The first-order chi connectivity index (χ1) is 16.4. The van der Waals surface area contributed by atoms with Crippen LogP contribution in [-0.4, -0.2) is 63.8 Å². The molecule has 3 aromatic rings. The van der Waals surface area contributed by atoms with Crippen molar-refractivity contribution in [3.05, 3.63) is 76.5 Å². The zero-order chi connectivity index (χ0) is 24.1. The number of non-ortho nitro benzene ring substituents is 1. The second kappa shape index (κ2) is 10.3. The molecule has 1 unspecified atom stereocenters. The molecule has 10 heteroatoms. The van der Waals surface area contributed by atoms with Gasteiger partial charge in [0, 0.05) is 42.5 Å². The van der Waals surface area contributed by atoms with Crippen molar-refractivity contribution in [3.8, 4) is 16.9 Å². The Bertz CT molecular complexity index is 1170. The molecule has 2 heterocycles. The highest BCUT2D eigenvalue weighted by molar-refractivity contribution is 5.89. The van der Waals surface area contributed by atoms with E-state index in [-0.39, 0.29) is 23.9 Å². The van der Waals surface area contributed by atoms with Crippen molar-refractivity contribution in [2.24, 2.45) is 0 Å². The summed E-state index contributed by atoms with van der Waals surface area (Å²) in [7, 11) is 0. The number of carbonyl (C=O) groups excluding carboxylic acids is 2. The smallest absolute Gasteiger partial charge is 0.269 e. The van der Waals surface area contributed by atoms with Gasteiger partial charge < -0.3 is 15.0 Å². The number of nitrogens with one attached hydrogen (secondary N) is 1. The summed E-state index contributed by atoms with van der Waals surface area (Å²) < 4.78 is 6.94. The quantitative estimate of drug-likeness (QED) is 0.424. The maximum Gasteiger partial charge on any atom is 0.269 e. The van der Waals surface area contributed by atoms with Gasteiger partial charge in [-0.3, -0.25) is 19.7 Å². The van der Waals surface area contributed by atoms with E-state index in [0.717, 1.165) is 5.69 Å². The minimum absolute atomic E-state index is 0.000114. The Balaban J connectivity index is 1.55. The van der Waals surface area contributed by atoms with Gasteiger partial charge in [-0.15, -0.1) is 0 Å². The van der Waals surface area contributed by atoms with Crippen molar-refractivity contribution < 1.29 is 19.2 Å². The van der Waals surface area contributed by atoms with Crippen LogP contribution in [0.4, 0.5) is 5.69 Å². The van der Waals surface area contributed by atoms with Gasteiger partial charge in [-0.1, -0.05) is 18.2 Å². The summed E-state index contributed by atoms with van der Waals surface area (Å²) in [6.45, 7) is 3.66. The van der Waals surface area contributed by atoms with Crippen LogP contribution in [0.5, 0.6) is 0 Å². The number of morpholine rings is 1. The largest absolute Gasteiger partial charge is 0.378 e. The molecule has 2 aromatic carbocycles. The molecular formula is C24H25N5O5. The Hall–Kier alpha value is -4.05. The number of hydrogen-bond acceptors (Lipinski definition) is 6. The Labute approximate surface area is 196 Å². The summed E-state index contributed by atoms with van der Waals surface area (Å²) in [6, 6.07) is 14.8. The van der Waals surface area contributed by atoms with E-state index in [4.69, 9.17) is 4.74 Å². The molecule has 0 aliphatic carbocycles. The molecule has 1 aromatic heterocycles. The van der Waals surface area contributed by atoms with Gasteiger partial charge in [0.05, 0.1) is 35.9 Å². The Morgan fingerprint density at radius 2 is 1.79 bits per heavy atom. The molecule has 34 heavy (non-hydrogen) atoms. The number of benzene rings is 2. The van der Waals surface area contributed by atoms with Gasteiger partial charge >= 0.3 is 0 Å². The van der Waals surface area contributed by atoms with Crippen molar-refractivity contribution in [1.29, 1.82) is 0 Å². The monoisotopic (exact) mass is 463 g/mol. The first kappa shape index (κ1) is 23.1. The lowest BCUT2D eigenvalue weighted by Gasteiger charge is -2.29. The van der Waals surface area contributed by atoms with Crippen molar-refractivity contribution in [2.45, 2.75) is 19.4 Å². The third kappa shape index (κ3) is 5.29. The molecule has 0 radical (unpaired) electrons. The van der Waals surface area contributed by atoms with Crippen LogP contribution in [0.25, 0.3) is 16.9 Å². The van der Waals surface area contributed by atoms with Crippen LogP contribution in [0.2, 0.25) is 0 Å². The number of hydrogen-bond donors (Lipinski definition) is 1. The predicted octanol–water partition coefficient (Wildman–Crippen LogP) is 2.35. The molecular weight excluding hydrogens is 438 g/mol. The van der Waals surface area contributed by atoms with Gasteiger partial charge in [0.25, 0.3) is 5.69 Å². The van der Waals surface area contributed by atoms with E-state index in [1.165, 1.54) is 12.1 Å². The normalized spacial score (nSPS) is 14.4. The van der Waals surface area contributed by atoms with E-state index >= 15 is 0 Å². The maximum absolute atomic E-state index is 12.8. The molecule has 2 amide bonds. The van der Waals surface area contributed by atoms with Gasteiger partial charge in [0.15, 0.2) is 0 Å². The van der Waals surface area contributed by atoms with E-state index in [0.29, 0.717) is 43.1 Å². The fourth-order valence-corrected chi connectivity index (χ4v) is 3.82. The minimum atomic E-state index is -0.669. The minimum Gasteiger partial charge on any atom is -0.378 e. The number of para-hydroxylation sites is 1. The van der Waals surface area contributed by atoms with E-state index in [1.807, 2.05) is 30.3 Å². The van der Waals surface area contributed by atoms with Crippen molar-refractivity contribution >= 4 is 17.5 Å². The maximum atomic E-state index is 12.8. The Morgan fingerprint density at radius 1 is 1.12 bits per heavy atom. The summed E-state index contributed by atoms with van der Waals surface area (Å²) in [5.74, 6) is -0.461. The lowest BCUT2D eigenvalue weighted by molar-refractivity contribution is -0.384. The van der Waals surface area contributed by atoms with Gasteiger partial charge in [-0.25, -0.2) is 4.68 Å². The molecule has 1 aliphatic rings. The number of aromatic nitrogens is 2. The van der Waals surface area contributed by atoms with Crippen molar-refractivity contribution in [2.75, 3.05) is 26.3 Å². The number of nitro groups is 1. The lowest BCUT2D eigenvalue weighted by atomic mass is 10.1. The molecule has 4 rings (SSSR count). The van der Waals surface area contributed by atoms with Crippen LogP contribution >= 0.6 is 0 Å². The third-order valence-corrected chi connectivity index (χ3v) is 5.58. The van der Waals surface area contributed by atoms with Crippen LogP contribution in [0.15, 0.2) is 60.8 Å². The molecule has 1 N–H and O–H groups in total. The molecule has 1 saturated heterocycles. The number of ether oxygens (including phenoxy) is 1. The number of nitro benzene ring substituents is 1. The highest BCUT2D eigenvalue weighted by atomic mass is 16.6. The second-order valence-electron chi connectivity index (χ2n) is 7.99. The Morgan fingerprint density at radius 3 is 2.44 bits per heavy atom. The zero-order valence-corrected chi connectivity index (χ0v) is 18.7. The first-order valence-electron chi connectivity index (χ1n) is 11.0. The lowest BCUT2D eigenvalue weighted by Crippen LogP contribution is -2.50. The Kier molecular flexibility index (Phi) is 6.98. The molecule has 1 aliphatic heterocycles. The standard InChI is InChI=1S/C24H25N5O5/c1-17(24(31)27-11-13-34-14-12-27)25-22(30)15-19-16-28(20-5-3-2-4-6-20)26-23(19)18-7-9-21(10-8-18)29(32)33/h2-10,16-17H,11-15H2,1H3,(H,25,30).